The summed E-state index contributed by atoms with van der Waals surface area (Å²) in [7, 11) is 3.62. The molecule has 0 bridgehead atoms. The Bertz CT molecular complexity index is 441. The highest BCUT2D eigenvalue weighted by atomic mass is 16.5. The highest BCUT2D eigenvalue weighted by molar-refractivity contribution is 5.87. The third kappa shape index (κ3) is 4.22. The number of hydrogen-bond acceptors (Lipinski definition) is 3. The van der Waals surface area contributed by atoms with E-state index in [0.717, 1.165) is 29.4 Å². The zero-order chi connectivity index (χ0) is 13.5. The summed E-state index contributed by atoms with van der Waals surface area (Å²) >= 11 is 0. The average Bonchev–Trinajstić information content (AvgIpc) is 2.33. The molecule has 4 nitrogen and oxygen atoms in total. The van der Waals surface area contributed by atoms with Gasteiger partial charge in [0.25, 0.3) is 0 Å². The van der Waals surface area contributed by atoms with Crippen molar-refractivity contribution in [2.24, 2.45) is 0 Å². The topological polar surface area (TPSA) is 49.8 Å². The van der Waals surface area contributed by atoms with Crippen molar-refractivity contribution in [3.05, 3.63) is 35.4 Å². The second-order valence-corrected chi connectivity index (χ2v) is 4.15. The molecule has 0 saturated heterocycles. The molecule has 0 aromatic heterocycles. The van der Waals surface area contributed by atoms with Gasteiger partial charge in [0, 0.05) is 32.5 Å². The predicted molar refractivity (Wildman–Crippen MR) is 73.0 cm³/mol. The van der Waals surface area contributed by atoms with Crippen LogP contribution in [0, 0.1) is 6.92 Å². The number of rotatable bonds is 6. The van der Waals surface area contributed by atoms with Crippen LogP contribution in [0.2, 0.25) is 0 Å². The third-order valence-corrected chi connectivity index (χ3v) is 2.63. The van der Waals surface area contributed by atoms with E-state index in [1.807, 2.05) is 37.1 Å². The molecule has 0 radical (unpaired) electrons. The van der Waals surface area contributed by atoms with Crippen LogP contribution in [0.3, 0.4) is 0 Å². The van der Waals surface area contributed by atoms with Crippen molar-refractivity contribution in [1.82, 2.24) is 0 Å². The molecule has 1 rings (SSSR count). The normalized spacial score (nSPS) is 10.8. The number of benzene rings is 1. The van der Waals surface area contributed by atoms with E-state index in [1.54, 1.807) is 13.2 Å². The standard InChI is InChI=1S/C14H19NO3/c1-11-4-6-13(15(2)8-9-18-3)12(10-11)5-7-14(16)17/h4-7,10H,8-9H2,1-3H3,(H,16,17)/b7-5+. The lowest BCUT2D eigenvalue weighted by Gasteiger charge is -2.21. The van der Waals surface area contributed by atoms with Crippen LogP contribution >= 0.6 is 0 Å². The number of ether oxygens (including phenoxy) is 1. The van der Waals surface area contributed by atoms with E-state index < -0.39 is 5.97 Å². The average molecular weight is 249 g/mol. The van der Waals surface area contributed by atoms with Gasteiger partial charge in [-0.3, -0.25) is 0 Å². The fourth-order valence-corrected chi connectivity index (χ4v) is 1.66. The highest BCUT2D eigenvalue weighted by Gasteiger charge is 2.06. The van der Waals surface area contributed by atoms with E-state index in [1.165, 1.54) is 0 Å². The monoisotopic (exact) mass is 249 g/mol. The number of carboxylic acid groups (broad SMARTS) is 1. The molecule has 0 spiro atoms. The fourth-order valence-electron chi connectivity index (χ4n) is 1.66. The summed E-state index contributed by atoms with van der Waals surface area (Å²) < 4.78 is 5.04. The van der Waals surface area contributed by atoms with Gasteiger partial charge in [-0.25, -0.2) is 4.79 Å². The molecule has 18 heavy (non-hydrogen) atoms. The largest absolute Gasteiger partial charge is 0.478 e. The predicted octanol–water partition coefficient (Wildman–Crippen LogP) is 2.18. The van der Waals surface area contributed by atoms with E-state index in [0.29, 0.717) is 6.61 Å². The summed E-state index contributed by atoms with van der Waals surface area (Å²) in [6.45, 7) is 3.37. The van der Waals surface area contributed by atoms with E-state index in [2.05, 4.69) is 0 Å². The Labute approximate surface area is 107 Å². The highest BCUT2D eigenvalue weighted by Crippen LogP contribution is 2.22. The minimum Gasteiger partial charge on any atom is -0.478 e. The Kier molecular flexibility index (Phi) is 5.39. The number of carboxylic acids is 1. The van der Waals surface area contributed by atoms with E-state index >= 15 is 0 Å². The van der Waals surface area contributed by atoms with Crippen LogP contribution in [0.1, 0.15) is 11.1 Å². The summed E-state index contributed by atoms with van der Waals surface area (Å²) in [6, 6.07) is 5.97. The molecule has 0 fully saturated rings. The second kappa shape index (κ2) is 6.81. The van der Waals surface area contributed by atoms with Gasteiger partial charge in [0.15, 0.2) is 0 Å². The molecule has 0 unspecified atom stereocenters. The summed E-state index contributed by atoms with van der Waals surface area (Å²) in [6.07, 6.45) is 2.77. The Morgan fingerprint density at radius 3 is 2.83 bits per heavy atom. The first kappa shape index (κ1) is 14.3. The van der Waals surface area contributed by atoms with Gasteiger partial charge in [-0.1, -0.05) is 11.6 Å². The smallest absolute Gasteiger partial charge is 0.328 e. The van der Waals surface area contributed by atoms with Gasteiger partial charge in [-0.2, -0.15) is 0 Å². The van der Waals surface area contributed by atoms with Crippen LogP contribution in [0.5, 0.6) is 0 Å². The van der Waals surface area contributed by atoms with Gasteiger partial charge in [0.05, 0.1) is 6.61 Å². The molecule has 0 aliphatic rings. The Balaban J connectivity index is 2.98. The van der Waals surface area contributed by atoms with Crippen LogP contribution in [0.25, 0.3) is 6.08 Å². The number of nitrogens with zero attached hydrogens (tertiary/aromatic N) is 1. The first-order valence-corrected chi connectivity index (χ1v) is 5.76. The number of anilines is 1. The molecule has 0 aliphatic carbocycles. The van der Waals surface area contributed by atoms with E-state index in [-0.39, 0.29) is 0 Å². The van der Waals surface area contributed by atoms with Crippen molar-refractivity contribution in [3.63, 3.8) is 0 Å². The summed E-state index contributed by atoms with van der Waals surface area (Å²) in [5.41, 5.74) is 3.00. The van der Waals surface area contributed by atoms with Crippen LogP contribution in [0.15, 0.2) is 24.3 Å². The lowest BCUT2D eigenvalue weighted by Crippen LogP contribution is -2.22. The first-order valence-electron chi connectivity index (χ1n) is 5.76. The molecule has 4 heteroatoms. The number of aliphatic carboxylic acids is 1. The Hall–Kier alpha value is -1.81. The molecule has 0 saturated carbocycles. The van der Waals surface area contributed by atoms with Crippen molar-refractivity contribution in [2.75, 3.05) is 32.2 Å². The maximum absolute atomic E-state index is 10.6. The van der Waals surface area contributed by atoms with Crippen molar-refractivity contribution in [2.45, 2.75) is 6.92 Å². The lowest BCUT2D eigenvalue weighted by atomic mass is 10.1. The van der Waals surface area contributed by atoms with Gasteiger partial charge in [-0.05, 0) is 30.7 Å². The number of carbonyl (C=O) groups is 1. The number of aryl methyl sites for hydroxylation is 1. The summed E-state index contributed by atoms with van der Waals surface area (Å²) in [5.74, 6) is -0.943. The van der Waals surface area contributed by atoms with Gasteiger partial charge < -0.3 is 14.7 Å². The molecule has 1 aromatic carbocycles. The molecular formula is C14H19NO3. The third-order valence-electron chi connectivity index (χ3n) is 2.63. The quantitative estimate of drug-likeness (QED) is 0.785. The van der Waals surface area contributed by atoms with Crippen LogP contribution < -0.4 is 4.90 Å². The SMILES string of the molecule is COCCN(C)c1ccc(C)cc1/C=C/C(=O)O. The lowest BCUT2D eigenvalue weighted by molar-refractivity contribution is -0.131. The second-order valence-electron chi connectivity index (χ2n) is 4.15. The van der Waals surface area contributed by atoms with Crippen molar-refractivity contribution >= 4 is 17.7 Å². The summed E-state index contributed by atoms with van der Waals surface area (Å²) in [5, 5.41) is 8.69. The van der Waals surface area contributed by atoms with E-state index in [9.17, 15) is 4.79 Å². The summed E-state index contributed by atoms with van der Waals surface area (Å²) in [4.78, 5) is 12.6. The van der Waals surface area contributed by atoms with Crippen molar-refractivity contribution in [1.29, 1.82) is 0 Å². The van der Waals surface area contributed by atoms with Gasteiger partial charge >= 0.3 is 5.97 Å². The minimum absolute atomic E-state index is 0.631. The Morgan fingerprint density at radius 1 is 1.50 bits per heavy atom. The molecule has 0 amide bonds. The van der Waals surface area contributed by atoms with Gasteiger partial charge in [0.2, 0.25) is 0 Å². The molecule has 98 valence electrons. The number of likely N-dealkylation sites (N-methyl/N-ethyl adjacent to an activating group) is 1. The number of hydrogen-bond donors (Lipinski definition) is 1. The van der Waals surface area contributed by atoms with Crippen LogP contribution in [0.4, 0.5) is 5.69 Å². The zero-order valence-electron chi connectivity index (χ0n) is 11.0. The minimum atomic E-state index is -0.943. The Morgan fingerprint density at radius 2 is 2.22 bits per heavy atom. The first-order chi connectivity index (χ1) is 8.54. The van der Waals surface area contributed by atoms with Gasteiger partial charge in [-0.15, -0.1) is 0 Å². The molecule has 0 aliphatic heterocycles. The molecule has 1 aromatic rings. The molecule has 1 N–H and O–H groups in total. The van der Waals surface area contributed by atoms with Crippen molar-refractivity contribution in [3.8, 4) is 0 Å². The maximum Gasteiger partial charge on any atom is 0.328 e. The van der Waals surface area contributed by atoms with Crippen molar-refractivity contribution < 1.29 is 14.6 Å². The molecule has 0 heterocycles. The zero-order valence-corrected chi connectivity index (χ0v) is 11.0. The molecular weight excluding hydrogens is 230 g/mol. The maximum atomic E-state index is 10.6. The molecule has 0 atom stereocenters. The van der Waals surface area contributed by atoms with Crippen LogP contribution in [-0.4, -0.2) is 38.4 Å². The van der Waals surface area contributed by atoms with Gasteiger partial charge in [0.1, 0.15) is 0 Å². The van der Waals surface area contributed by atoms with E-state index in [4.69, 9.17) is 9.84 Å². The van der Waals surface area contributed by atoms with Crippen LogP contribution in [-0.2, 0) is 9.53 Å². The number of methoxy groups -OCH3 is 1. The fraction of sp³-hybridized carbons (Fsp3) is 0.357.